The predicted octanol–water partition coefficient (Wildman–Crippen LogP) is 4.31. The number of rotatable bonds is 5. The number of hydrogen-bond donors (Lipinski definition) is 2. The second-order valence-electron chi connectivity index (χ2n) is 7.44. The first-order valence-corrected chi connectivity index (χ1v) is 9.65. The molecule has 0 bridgehead atoms. The van der Waals surface area contributed by atoms with Gasteiger partial charge < -0.3 is 19.2 Å². The van der Waals surface area contributed by atoms with Crippen LogP contribution in [0.5, 0.6) is 11.5 Å². The van der Waals surface area contributed by atoms with Gasteiger partial charge in [0.05, 0.1) is 12.6 Å². The Bertz CT molecular complexity index is 823. The zero-order chi connectivity index (χ0) is 18.9. The van der Waals surface area contributed by atoms with Gasteiger partial charge in [0.1, 0.15) is 11.5 Å². The van der Waals surface area contributed by atoms with Crippen LogP contribution in [0, 0.1) is 6.92 Å². The van der Waals surface area contributed by atoms with Crippen molar-refractivity contribution in [2.24, 2.45) is 0 Å². The largest absolute Gasteiger partial charge is 0.465 e. The average Bonchev–Trinajstić information content (AvgIpc) is 3.23. The molecule has 144 valence electrons. The summed E-state index contributed by atoms with van der Waals surface area (Å²) in [5, 5.41) is 6.08. The number of fused-ring (bicyclic) bond motifs is 1. The molecule has 0 saturated heterocycles. The molecular weight excluding hydrogens is 344 g/mol. The maximum Gasteiger partial charge on any atom is 0.251 e. The molecule has 2 aliphatic rings. The van der Waals surface area contributed by atoms with E-state index in [1.807, 2.05) is 44.2 Å². The molecule has 1 unspecified atom stereocenters. The van der Waals surface area contributed by atoms with Crippen molar-refractivity contribution >= 4 is 11.6 Å². The topological polar surface area (TPSA) is 72.7 Å². The zero-order valence-electron chi connectivity index (χ0n) is 15.8. The number of nitrogens with one attached hydrogen (secondary N) is 2. The Morgan fingerprint density at radius 2 is 1.89 bits per heavy atom. The zero-order valence-corrected chi connectivity index (χ0v) is 15.8. The number of furan rings is 1. The minimum Gasteiger partial charge on any atom is -0.465 e. The highest BCUT2D eigenvalue weighted by atomic mass is 16.7. The van der Waals surface area contributed by atoms with Crippen LogP contribution >= 0.6 is 0 Å². The Labute approximate surface area is 159 Å². The van der Waals surface area contributed by atoms with E-state index in [2.05, 4.69) is 10.6 Å². The van der Waals surface area contributed by atoms with Gasteiger partial charge in [-0.15, -0.1) is 0 Å². The lowest BCUT2D eigenvalue weighted by molar-refractivity contribution is -0.115. The van der Waals surface area contributed by atoms with Crippen LogP contribution in [-0.4, -0.2) is 18.2 Å². The van der Waals surface area contributed by atoms with Gasteiger partial charge in [-0.1, -0.05) is 6.42 Å². The third kappa shape index (κ3) is 3.95. The van der Waals surface area contributed by atoms with E-state index in [1.54, 1.807) is 0 Å². The summed E-state index contributed by atoms with van der Waals surface area (Å²) in [6, 6.07) is 9.36. The summed E-state index contributed by atoms with van der Waals surface area (Å²) in [7, 11) is 0. The number of amides is 1. The number of anilines is 1. The first kappa shape index (κ1) is 17.9. The molecule has 1 fully saturated rings. The molecule has 0 radical (unpaired) electrons. The standard InChI is InChI=1S/C21H26N2O4/c1-14-6-8-17(25-14)15(2)22-13-20(24)23-16-7-9-18-19(12-16)27-21(26-18)10-4-3-5-11-21/h6-9,12,15,22H,3-5,10-11,13H2,1-2H3,(H,23,24). The lowest BCUT2D eigenvalue weighted by Crippen LogP contribution is -2.40. The summed E-state index contributed by atoms with van der Waals surface area (Å²) in [5.41, 5.74) is 0.707. The highest BCUT2D eigenvalue weighted by molar-refractivity contribution is 5.92. The van der Waals surface area contributed by atoms with Crippen molar-refractivity contribution in [3.05, 3.63) is 41.9 Å². The van der Waals surface area contributed by atoms with E-state index >= 15 is 0 Å². The number of benzene rings is 1. The Hall–Kier alpha value is -2.47. The lowest BCUT2D eigenvalue weighted by atomic mass is 9.94. The Morgan fingerprint density at radius 3 is 2.63 bits per heavy atom. The molecule has 1 aliphatic carbocycles. The molecule has 1 aromatic heterocycles. The third-order valence-corrected chi connectivity index (χ3v) is 5.19. The van der Waals surface area contributed by atoms with Crippen LogP contribution in [0.1, 0.15) is 56.6 Å². The van der Waals surface area contributed by atoms with Crippen molar-refractivity contribution in [1.29, 1.82) is 0 Å². The molecule has 2 heterocycles. The van der Waals surface area contributed by atoms with E-state index in [-0.39, 0.29) is 18.5 Å². The van der Waals surface area contributed by atoms with Crippen LogP contribution in [0.15, 0.2) is 34.7 Å². The van der Waals surface area contributed by atoms with E-state index in [1.165, 1.54) is 6.42 Å². The SMILES string of the molecule is Cc1ccc(C(C)NCC(=O)Nc2ccc3c(c2)OC2(CCCCC2)O3)o1. The number of carbonyl (C=O) groups is 1. The predicted molar refractivity (Wildman–Crippen MR) is 102 cm³/mol. The molecule has 2 N–H and O–H groups in total. The number of carbonyl (C=O) groups excluding carboxylic acids is 1. The maximum absolute atomic E-state index is 12.3. The van der Waals surface area contributed by atoms with Gasteiger partial charge in [-0.05, 0) is 51.0 Å². The molecule has 1 aliphatic heterocycles. The third-order valence-electron chi connectivity index (χ3n) is 5.19. The van der Waals surface area contributed by atoms with Crippen molar-refractivity contribution in [3.63, 3.8) is 0 Å². The summed E-state index contributed by atoms with van der Waals surface area (Å²) in [6.45, 7) is 4.06. The minimum absolute atomic E-state index is 0.0348. The van der Waals surface area contributed by atoms with Gasteiger partial charge in [0, 0.05) is 24.6 Å². The molecular formula is C21H26N2O4. The minimum atomic E-state index is -0.499. The molecule has 1 atom stereocenters. The van der Waals surface area contributed by atoms with Gasteiger partial charge in [0.15, 0.2) is 11.5 Å². The normalized spacial score (nSPS) is 18.4. The number of ether oxygens (including phenoxy) is 2. The van der Waals surface area contributed by atoms with E-state index in [0.29, 0.717) is 11.4 Å². The second kappa shape index (κ2) is 7.27. The Morgan fingerprint density at radius 1 is 1.11 bits per heavy atom. The van der Waals surface area contributed by atoms with E-state index in [4.69, 9.17) is 13.9 Å². The van der Waals surface area contributed by atoms with Gasteiger partial charge in [-0.25, -0.2) is 0 Å². The van der Waals surface area contributed by atoms with Crippen molar-refractivity contribution in [3.8, 4) is 11.5 Å². The van der Waals surface area contributed by atoms with Crippen LogP contribution < -0.4 is 20.1 Å². The maximum atomic E-state index is 12.3. The van der Waals surface area contributed by atoms with Crippen molar-refractivity contribution < 1.29 is 18.7 Å². The van der Waals surface area contributed by atoms with E-state index in [9.17, 15) is 4.79 Å². The fourth-order valence-electron chi connectivity index (χ4n) is 3.70. The van der Waals surface area contributed by atoms with E-state index in [0.717, 1.165) is 43.0 Å². The molecule has 2 aromatic rings. The quantitative estimate of drug-likeness (QED) is 0.820. The Kier molecular flexibility index (Phi) is 4.83. The van der Waals surface area contributed by atoms with Gasteiger partial charge >= 0.3 is 0 Å². The second-order valence-corrected chi connectivity index (χ2v) is 7.44. The Balaban J connectivity index is 1.32. The first-order chi connectivity index (χ1) is 13.0. The summed E-state index contributed by atoms with van der Waals surface area (Å²) in [6.07, 6.45) is 5.30. The van der Waals surface area contributed by atoms with Gasteiger partial charge in [0.25, 0.3) is 5.79 Å². The number of aryl methyl sites for hydroxylation is 1. The summed E-state index contributed by atoms with van der Waals surface area (Å²) >= 11 is 0. The lowest BCUT2D eigenvalue weighted by Gasteiger charge is -2.31. The van der Waals surface area contributed by atoms with Crippen molar-refractivity contribution in [2.45, 2.75) is 57.8 Å². The molecule has 1 saturated carbocycles. The average molecular weight is 370 g/mol. The van der Waals surface area contributed by atoms with E-state index < -0.39 is 5.79 Å². The smallest absolute Gasteiger partial charge is 0.251 e. The van der Waals surface area contributed by atoms with Gasteiger partial charge in [-0.3, -0.25) is 10.1 Å². The van der Waals surface area contributed by atoms with Crippen LogP contribution in [0.3, 0.4) is 0 Å². The van der Waals surface area contributed by atoms with Crippen molar-refractivity contribution in [2.75, 3.05) is 11.9 Å². The molecule has 6 heteroatoms. The molecule has 6 nitrogen and oxygen atoms in total. The van der Waals surface area contributed by atoms with Crippen LogP contribution in [0.2, 0.25) is 0 Å². The molecule has 1 aromatic carbocycles. The molecule has 1 spiro atoms. The first-order valence-electron chi connectivity index (χ1n) is 9.65. The van der Waals surface area contributed by atoms with Crippen LogP contribution in [0.25, 0.3) is 0 Å². The fourth-order valence-corrected chi connectivity index (χ4v) is 3.70. The van der Waals surface area contributed by atoms with Gasteiger partial charge in [-0.2, -0.15) is 0 Å². The highest BCUT2D eigenvalue weighted by Gasteiger charge is 2.42. The van der Waals surface area contributed by atoms with Crippen LogP contribution in [0.4, 0.5) is 5.69 Å². The monoisotopic (exact) mass is 370 g/mol. The number of hydrogen-bond acceptors (Lipinski definition) is 5. The summed E-state index contributed by atoms with van der Waals surface area (Å²) in [4.78, 5) is 12.3. The molecule has 4 rings (SSSR count). The highest BCUT2D eigenvalue weighted by Crippen LogP contribution is 2.46. The summed E-state index contributed by atoms with van der Waals surface area (Å²) < 4.78 is 17.8. The van der Waals surface area contributed by atoms with Crippen molar-refractivity contribution in [1.82, 2.24) is 5.32 Å². The van der Waals surface area contributed by atoms with Crippen LogP contribution in [-0.2, 0) is 4.79 Å². The fraction of sp³-hybridized carbons (Fsp3) is 0.476. The molecule has 27 heavy (non-hydrogen) atoms. The summed E-state index contributed by atoms with van der Waals surface area (Å²) in [5.74, 6) is 2.54. The molecule has 1 amide bonds. The van der Waals surface area contributed by atoms with Gasteiger partial charge in [0.2, 0.25) is 5.91 Å².